The van der Waals surface area contributed by atoms with Gasteiger partial charge in [-0.15, -0.1) is 0 Å². The zero-order valence-corrected chi connectivity index (χ0v) is 12.5. The Labute approximate surface area is 120 Å². The second kappa shape index (κ2) is 7.78. The summed E-state index contributed by atoms with van der Waals surface area (Å²) in [5, 5.41) is 9.35. The van der Waals surface area contributed by atoms with Crippen LogP contribution in [0.3, 0.4) is 0 Å². The van der Waals surface area contributed by atoms with E-state index in [1.54, 1.807) is 7.11 Å². The van der Waals surface area contributed by atoms with E-state index in [1.165, 1.54) is 0 Å². The molecule has 0 radical (unpaired) electrons. The van der Waals surface area contributed by atoms with Crippen LogP contribution in [0.25, 0.3) is 0 Å². The zero-order chi connectivity index (χ0) is 15.0. The summed E-state index contributed by atoms with van der Waals surface area (Å²) in [6, 6.07) is 7.42. The van der Waals surface area contributed by atoms with Crippen molar-refractivity contribution in [2.75, 3.05) is 13.7 Å². The predicted octanol–water partition coefficient (Wildman–Crippen LogP) is 3.75. The molecule has 0 spiro atoms. The number of ether oxygens (including phenoxy) is 2. The zero-order valence-electron chi connectivity index (χ0n) is 12.5. The van der Waals surface area contributed by atoms with Gasteiger partial charge in [0.05, 0.1) is 19.1 Å². The maximum absolute atomic E-state index is 11.4. The average Bonchev–Trinajstić information content (AvgIpc) is 2.48. The molecule has 0 heterocycles. The predicted molar refractivity (Wildman–Crippen MR) is 78.4 cm³/mol. The van der Waals surface area contributed by atoms with Gasteiger partial charge in [-0.25, -0.2) is 0 Å². The molecule has 0 unspecified atom stereocenters. The quantitative estimate of drug-likeness (QED) is 0.700. The minimum absolute atomic E-state index is 0.516. The number of hydrogen-bond acceptors (Lipinski definition) is 3. The Balaban J connectivity index is 2.46. The minimum Gasteiger partial charge on any atom is -0.497 e. The van der Waals surface area contributed by atoms with Crippen LogP contribution in [0.1, 0.15) is 39.5 Å². The maximum atomic E-state index is 11.4. The molecule has 0 atom stereocenters. The fraction of sp³-hybridized carbons (Fsp3) is 0.562. The number of carbonyl (C=O) groups is 1. The summed E-state index contributed by atoms with van der Waals surface area (Å²) in [4.78, 5) is 11.4. The van der Waals surface area contributed by atoms with Crippen molar-refractivity contribution in [3.8, 4) is 11.5 Å². The van der Waals surface area contributed by atoms with Crippen molar-refractivity contribution in [2.45, 2.75) is 39.5 Å². The Hall–Kier alpha value is -1.71. The van der Waals surface area contributed by atoms with Crippen LogP contribution in [0.2, 0.25) is 0 Å². The Morgan fingerprint density at radius 1 is 1.25 bits per heavy atom. The summed E-state index contributed by atoms with van der Waals surface area (Å²) < 4.78 is 10.8. The van der Waals surface area contributed by atoms with E-state index in [1.807, 2.05) is 38.1 Å². The Morgan fingerprint density at radius 2 is 1.90 bits per heavy atom. The molecule has 4 heteroatoms. The monoisotopic (exact) mass is 280 g/mol. The molecule has 0 aliphatic carbocycles. The molecule has 1 aromatic rings. The average molecular weight is 280 g/mol. The minimum atomic E-state index is -0.705. The van der Waals surface area contributed by atoms with Crippen LogP contribution >= 0.6 is 0 Å². The van der Waals surface area contributed by atoms with E-state index in [-0.39, 0.29) is 0 Å². The Kier molecular flexibility index (Phi) is 6.36. The summed E-state index contributed by atoms with van der Waals surface area (Å²) in [6.07, 6.45) is 2.67. The van der Waals surface area contributed by atoms with Crippen LogP contribution in [-0.4, -0.2) is 24.8 Å². The number of rotatable bonds is 9. The van der Waals surface area contributed by atoms with Crippen molar-refractivity contribution in [1.29, 1.82) is 0 Å². The van der Waals surface area contributed by atoms with Gasteiger partial charge in [-0.1, -0.05) is 19.9 Å². The highest BCUT2D eigenvalue weighted by atomic mass is 16.5. The van der Waals surface area contributed by atoms with Crippen LogP contribution in [-0.2, 0) is 4.79 Å². The maximum Gasteiger partial charge on any atom is 0.309 e. The first-order valence-electron chi connectivity index (χ1n) is 7.08. The van der Waals surface area contributed by atoms with Crippen LogP contribution in [0.15, 0.2) is 24.3 Å². The molecular formula is C16H24O4. The molecule has 0 amide bonds. The number of hydrogen-bond donors (Lipinski definition) is 1. The van der Waals surface area contributed by atoms with Gasteiger partial charge in [0, 0.05) is 6.07 Å². The summed E-state index contributed by atoms with van der Waals surface area (Å²) in [5.41, 5.74) is -0.613. The summed E-state index contributed by atoms with van der Waals surface area (Å²) in [5.74, 6) is 0.798. The molecule has 0 aliphatic rings. The second-order valence-corrected chi connectivity index (χ2v) is 4.92. The number of benzene rings is 1. The molecule has 0 saturated heterocycles. The third kappa shape index (κ3) is 4.15. The standard InChI is InChI=1S/C16H24O4/c1-4-16(5-2,15(17)18)10-7-11-20-14-9-6-8-13(12-14)19-3/h6,8-9,12H,4-5,7,10-11H2,1-3H3,(H,17,18). The summed E-state index contributed by atoms with van der Waals surface area (Å²) in [6.45, 7) is 4.38. The molecule has 0 aromatic heterocycles. The van der Waals surface area contributed by atoms with Gasteiger partial charge in [0.15, 0.2) is 0 Å². The lowest BCUT2D eigenvalue weighted by Crippen LogP contribution is -2.30. The third-order valence-electron chi connectivity index (χ3n) is 3.92. The van der Waals surface area contributed by atoms with Gasteiger partial charge in [0.25, 0.3) is 0 Å². The molecular weight excluding hydrogens is 256 g/mol. The van der Waals surface area contributed by atoms with E-state index in [0.29, 0.717) is 25.9 Å². The lowest BCUT2D eigenvalue weighted by Gasteiger charge is -2.26. The van der Waals surface area contributed by atoms with Gasteiger partial charge in [-0.3, -0.25) is 4.79 Å². The first-order valence-corrected chi connectivity index (χ1v) is 7.08. The molecule has 0 bridgehead atoms. The molecule has 0 saturated carbocycles. The van der Waals surface area contributed by atoms with Crippen molar-refractivity contribution in [3.63, 3.8) is 0 Å². The van der Waals surface area contributed by atoms with Crippen LogP contribution < -0.4 is 9.47 Å². The highest BCUT2D eigenvalue weighted by Crippen LogP contribution is 2.32. The van der Waals surface area contributed by atoms with Gasteiger partial charge in [-0.2, -0.15) is 0 Å². The number of carboxylic acid groups (broad SMARTS) is 1. The molecule has 112 valence electrons. The smallest absolute Gasteiger partial charge is 0.309 e. The van der Waals surface area contributed by atoms with Gasteiger partial charge in [0.2, 0.25) is 0 Å². The molecule has 1 N–H and O–H groups in total. The second-order valence-electron chi connectivity index (χ2n) is 4.92. The van der Waals surface area contributed by atoms with Gasteiger partial charge < -0.3 is 14.6 Å². The van der Waals surface area contributed by atoms with Crippen LogP contribution in [0.5, 0.6) is 11.5 Å². The number of aliphatic carboxylic acids is 1. The van der Waals surface area contributed by atoms with E-state index < -0.39 is 11.4 Å². The first kappa shape index (κ1) is 16.3. The fourth-order valence-electron chi connectivity index (χ4n) is 2.30. The van der Waals surface area contributed by atoms with Crippen molar-refractivity contribution < 1.29 is 19.4 Å². The normalized spacial score (nSPS) is 11.2. The van der Waals surface area contributed by atoms with Crippen molar-refractivity contribution in [1.82, 2.24) is 0 Å². The number of methoxy groups -OCH3 is 1. The van der Waals surface area contributed by atoms with E-state index in [2.05, 4.69) is 0 Å². The van der Waals surface area contributed by atoms with E-state index >= 15 is 0 Å². The Morgan fingerprint density at radius 3 is 2.45 bits per heavy atom. The molecule has 0 fully saturated rings. The molecule has 1 aromatic carbocycles. The van der Waals surface area contributed by atoms with Gasteiger partial charge in [-0.05, 0) is 37.8 Å². The van der Waals surface area contributed by atoms with E-state index in [9.17, 15) is 9.90 Å². The largest absolute Gasteiger partial charge is 0.497 e. The summed E-state index contributed by atoms with van der Waals surface area (Å²) >= 11 is 0. The SMILES string of the molecule is CCC(CC)(CCCOc1cccc(OC)c1)C(=O)O. The number of carboxylic acids is 1. The van der Waals surface area contributed by atoms with Crippen LogP contribution in [0.4, 0.5) is 0 Å². The lowest BCUT2D eigenvalue weighted by molar-refractivity contribution is -0.150. The topological polar surface area (TPSA) is 55.8 Å². The van der Waals surface area contributed by atoms with Crippen molar-refractivity contribution >= 4 is 5.97 Å². The molecule has 0 aliphatic heterocycles. The van der Waals surface area contributed by atoms with Crippen molar-refractivity contribution in [2.24, 2.45) is 5.41 Å². The van der Waals surface area contributed by atoms with Crippen molar-refractivity contribution in [3.05, 3.63) is 24.3 Å². The summed E-state index contributed by atoms with van der Waals surface area (Å²) in [7, 11) is 1.61. The Bertz CT molecular complexity index is 424. The fourth-order valence-corrected chi connectivity index (χ4v) is 2.30. The molecule has 20 heavy (non-hydrogen) atoms. The lowest BCUT2D eigenvalue weighted by atomic mass is 9.78. The first-order chi connectivity index (χ1) is 9.57. The molecule has 1 rings (SSSR count). The highest BCUT2D eigenvalue weighted by molar-refractivity contribution is 5.74. The van der Waals surface area contributed by atoms with Gasteiger partial charge in [0.1, 0.15) is 11.5 Å². The third-order valence-corrected chi connectivity index (χ3v) is 3.92. The van der Waals surface area contributed by atoms with Gasteiger partial charge >= 0.3 is 5.97 Å². The van der Waals surface area contributed by atoms with E-state index in [0.717, 1.165) is 17.9 Å². The van der Waals surface area contributed by atoms with E-state index in [4.69, 9.17) is 9.47 Å². The molecule has 4 nitrogen and oxygen atoms in total. The van der Waals surface area contributed by atoms with Crippen LogP contribution in [0, 0.1) is 5.41 Å². The highest BCUT2D eigenvalue weighted by Gasteiger charge is 2.33.